The summed E-state index contributed by atoms with van der Waals surface area (Å²) in [7, 11) is 2.01. The minimum Gasteiger partial charge on any atom is -0.252 e. The lowest BCUT2D eigenvalue weighted by atomic mass is 9.89. The molecule has 3 rings (SSSR count). The molecule has 1 aromatic heterocycles. The van der Waals surface area contributed by atoms with E-state index in [2.05, 4.69) is 33.2 Å². The standard InChI is InChI=1S/C15H18BrN3/c1-19-15(12-5-3-2-4-6-12)17-14(18-19)11-7-9-13(16)10-8-11/h7-10,12H,2-6H2,1H3. The quantitative estimate of drug-likeness (QED) is 0.826. The zero-order chi connectivity index (χ0) is 13.2. The summed E-state index contributed by atoms with van der Waals surface area (Å²) in [5.41, 5.74) is 1.08. The number of nitrogens with zero attached hydrogens (tertiary/aromatic N) is 3. The minimum atomic E-state index is 0.593. The molecule has 3 nitrogen and oxygen atoms in total. The van der Waals surface area contributed by atoms with Crippen LogP contribution in [0.15, 0.2) is 28.7 Å². The molecule has 4 heteroatoms. The van der Waals surface area contributed by atoms with Gasteiger partial charge in [0.25, 0.3) is 0 Å². The van der Waals surface area contributed by atoms with Gasteiger partial charge < -0.3 is 0 Å². The molecule has 1 aromatic carbocycles. The summed E-state index contributed by atoms with van der Waals surface area (Å²) in [4.78, 5) is 4.77. The van der Waals surface area contributed by atoms with Crippen LogP contribution in [-0.2, 0) is 7.05 Å². The lowest BCUT2D eigenvalue weighted by molar-refractivity contribution is 0.417. The molecule has 0 radical (unpaired) electrons. The van der Waals surface area contributed by atoms with Gasteiger partial charge in [0, 0.05) is 23.0 Å². The third kappa shape index (κ3) is 2.73. The van der Waals surface area contributed by atoms with Gasteiger partial charge in [-0.2, -0.15) is 5.10 Å². The van der Waals surface area contributed by atoms with Crippen molar-refractivity contribution < 1.29 is 0 Å². The zero-order valence-corrected chi connectivity index (χ0v) is 12.7. The molecule has 19 heavy (non-hydrogen) atoms. The lowest BCUT2D eigenvalue weighted by Gasteiger charge is -2.20. The summed E-state index contributed by atoms with van der Waals surface area (Å²) in [6.45, 7) is 0. The summed E-state index contributed by atoms with van der Waals surface area (Å²) in [5.74, 6) is 2.59. The van der Waals surface area contributed by atoms with Crippen molar-refractivity contribution in [1.29, 1.82) is 0 Å². The zero-order valence-electron chi connectivity index (χ0n) is 11.1. The van der Waals surface area contributed by atoms with Crippen LogP contribution in [0.5, 0.6) is 0 Å². The fourth-order valence-electron chi connectivity index (χ4n) is 2.83. The number of aryl methyl sites for hydroxylation is 1. The highest BCUT2D eigenvalue weighted by Gasteiger charge is 2.21. The van der Waals surface area contributed by atoms with Crippen molar-refractivity contribution in [3.05, 3.63) is 34.6 Å². The smallest absolute Gasteiger partial charge is 0.181 e. The van der Waals surface area contributed by atoms with E-state index in [0.29, 0.717) is 5.92 Å². The van der Waals surface area contributed by atoms with Gasteiger partial charge in [0.15, 0.2) is 5.82 Å². The maximum absolute atomic E-state index is 4.77. The first-order valence-electron chi connectivity index (χ1n) is 6.91. The Labute approximate surface area is 122 Å². The summed E-state index contributed by atoms with van der Waals surface area (Å²) >= 11 is 3.45. The van der Waals surface area contributed by atoms with Crippen LogP contribution in [0.1, 0.15) is 43.8 Å². The van der Waals surface area contributed by atoms with E-state index in [1.807, 2.05) is 23.9 Å². The summed E-state index contributed by atoms with van der Waals surface area (Å²) in [5, 5.41) is 4.58. The SMILES string of the molecule is Cn1nc(-c2ccc(Br)cc2)nc1C1CCCCC1. The fraction of sp³-hybridized carbons (Fsp3) is 0.467. The molecule has 1 fully saturated rings. The molecule has 2 aromatic rings. The average molecular weight is 320 g/mol. The summed E-state index contributed by atoms with van der Waals surface area (Å²) < 4.78 is 3.05. The predicted molar refractivity (Wildman–Crippen MR) is 80.0 cm³/mol. The van der Waals surface area contributed by atoms with Gasteiger partial charge in [-0.15, -0.1) is 0 Å². The van der Waals surface area contributed by atoms with Gasteiger partial charge >= 0.3 is 0 Å². The van der Waals surface area contributed by atoms with Gasteiger partial charge in [-0.05, 0) is 25.0 Å². The molecule has 1 saturated carbocycles. The highest BCUT2D eigenvalue weighted by atomic mass is 79.9. The van der Waals surface area contributed by atoms with Crippen LogP contribution in [-0.4, -0.2) is 14.8 Å². The second-order valence-corrected chi connectivity index (χ2v) is 6.17. The Morgan fingerprint density at radius 1 is 1.11 bits per heavy atom. The topological polar surface area (TPSA) is 30.7 Å². The van der Waals surface area contributed by atoms with E-state index in [1.54, 1.807) is 0 Å². The van der Waals surface area contributed by atoms with Gasteiger partial charge in [0.1, 0.15) is 5.82 Å². The largest absolute Gasteiger partial charge is 0.252 e. The van der Waals surface area contributed by atoms with Gasteiger partial charge in [-0.25, -0.2) is 4.98 Å². The molecule has 1 aliphatic rings. The minimum absolute atomic E-state index is 0.593. The molecule has 0 bridgehead atoms. The number of rotatable bonds is 2. The van der Waals surface area contributed by atoms with Gasteiger partial charge in [-0.3, -0.25) is 4.68 Å². The van der Waals surface area contributed by atoms with E-state index in [9.17, 15) is 0 Å². The fourth-order valence-corrected chi connectivity index (χ4v) is 3.10. The Hall–Kier alpha value is -1.16. The maximum Gasteiger partial charge on any atom is 0.181 e. The lowest BCUT2D eigenvalue weighted by Crippen LogP contribution is -2.10. The van der Waals surface area contributed by atoms with Crippen LogP contribution in [0.2, 0.25) is 0 Å². The molecular weight excluding hydrogens is 302 g/mol. The Morgan fingerprint density at radius 2 is 1.79 bits per heavy atom. The molecule has 0 spiro atoms. The number of hydrogen-bond acceptors (Lipinski definition) is 2. The van der Waals surface area contributed by atoms with Crippen LogP contribution in [0.3, 0.4) is 0 Å². The van der Waals surface area contributed by atoms with E-state index in [4.69, 9.17) is 4.98 Å². The van der Waals surface area contributed by atoms with Crippen LogP contribution < -0.4 is 0 Å². The second-order valence-electron chi connectivity index (χ2n) is 5.26. The normalized spacial score (nSPS) is 16.7. The average Bonchev–Trinajstić information content (AvgIpc) is 2.83. The van der Waals surface area contributed by atoms with Gasteiger partial charge in [-0.1, -0.05) is 47.3 Å². The van der Waals surface area contributed by atoms with E-state index < -0.39 is 0 Å². The van der Waals surface area contributed by atoms with Crippen LogP contribution in [0.25, 0.3) is 11.4 Å². The van der Waals surface area contributed by atoms with E-state index in [1.165, 1.54) is 32.1 Å². The molecule has 0 N–H and O–H groups in total. The maximum atomic E-state index is 4.77. The molecule has 0 aliphatic heterocycles. The van der Waals surface area contributed by atoms with E-state index >= 15 is 0 Å². The molecule has 100 valence electrons. The third-order valence-corrected chi connectivity index (χ3v) is 4.40. The number of aromatic nitrogens is 3. The number of hydrogen-bond donors (Lipinski definition) is 0. The van der Waals surface area contributed by atoms with Gasteiger partial charge in [0.2, 0.25) is 0 Å². The highest BCUT2D eigenvalue weighted by Crippen LogP contribution is 2.32. The first-order valence-corrected chi connectivity index (χ1v) is 7.70. The summed E-state index contributed by atoms with van der Waals surface area (Å²) in [6, 6.07) is 8.19. The molecule has 0 amide bonds. The van der Waals surface area contributed by atoms with Crippen LogP contribution in [0.4, 0.5) is 0 Å². The van der Waals surface area contributed by atoms with Gasteiger partial charge in [0.05, 0.1) is 0 Å². The van der Waals surface area contributed by atoms with Crippen molar-refractivity contribution in [1.82, 2.24) is 14.8 Å². The number of benzene rings is 1. The van der Waals surface area contributed by atoms with E-state index in [-0.39, 0.29) is 0 Å². The summed E-state index contributed by atoms with van der Waals surface area (Å²) in [6.07, 6.45) is 6.53. The monoisotopic (exact) mass is 319 g/mol. The Bertz CT molecular complexity index is 553. The Kier molecular flexibility index (Phi) is 3.69. The van der Waals surface area contributed by atoms with E-state index in [0.717, 1.165) is 21.7 Å². The molecule has 1 heterocycles. The molecular formula is C15H18BrN3. The van der Waals surface area contributed by atoms with Crippen molar-refractivity contribution in [3.8, 4) is 11.4 Å². The predicted octanol–water partition coefficient (Wildman–Crippen LogP) is 4.29. The van der Waals surface area contributed by atoms with Crippen molar-refractivity contribution in [3.63, 3.8) is 0 Å². The van der Waals surface area contributed by atoms with Crippen molar-refractivity contribution in [2.24, 2.45) is 7.05 Å². The second kappa shape index (κ2) is 5.45. The first kappa shape index (κ1) is 12.9. The van der Waals surface area contributed by atoms with Crippen LogP contribution in [0, 0.1) is 0 Å². The van der Waals surface area contributed by atoms with Crippen molar-refractivity contribution in [2.45, 2.75) is 38.0 Å². The Balaban J connectivity index is 1.90. The molecule has 0 unspecified atom stereocenters. The molecule has 0 atom stereocenters. The first-order chi connectivity index (χ1) is 9.24. The van der Waals surface area contributed by atoms with Crippen molar-refractivity contribution >= 4 is 15.9 Å². The highest BCUT2D eigenvalue weighted by molar-refractivity contribution is 9.10. The Morgan fingerprint density at radius 3 is 2.47 bits per heavy atom. The molecule has 0 saturated heterocycles. The van der Waals surface area contributed by atoms with Crippen molar-refractivity contribution in [2.75, 3.05) is 0 Å². The molecule has 1 aliphatic carbocycles. The van der Waals surface area contributed by atoms with Crippen LogP contribution >= 0.6 is 15.9 Å². The number of halogens is 1. The third-order valence-electron chi connectivity index (χ3n) is 3.87.